The maximum atomic E-state index is 14.1. The highest BCUT2D eigenvalue weighted by Crippen LogP contribution is 2.29. The number of anilines is 1. The maximum Gasteiger partial charge on any atom is 0.258 e. The molecule has 4 atom stereocenters. The second-order valence-corrected chi connectivity index (χ2v) is 15.3. The van der Waals surface area contributed by atoms with Gasteiger partial charge in [0.1, 0.15) is 5.75 Å². The van der Waals surface area contributed by atoms with E-state index in [-0.39, 0.29) is 47.9 Å². The van der Waals surface area contributed by atoms with Crippen LogP contribution in [0.5, 0.6) is 5.75 Å². The van der Waals surface area contributed by atoms with Crippen LogP contribution in [0.15, 0.2) is 47.4 Å². The Hall–Kier alpha value is -2.71. The molecule has 0 bridgehead atoms. The number of aliphatic hydroxyl groups excluding tert-OH is 1. The zero-order chi connectivity index (χ0) is 31.9. The number of benzene rings is 2. The SMILES string of the molecule is Cc1ccc(S(=O)(=O)N(C)C[C@@H]2OCCCC[C@@H](C)Oc3ccc(NS(C)(=O)=O)cc3C(=O)N([C@@H](C)CO)C[C@@H]2C)cc1. The highest BCUT2D eigenvalue weighted by atomic mass is 32.2. The third-order valence-electron chi connectivity index (χ3n) is 7.52. The summed E-state index contributed by atoms with van der Waals surface area (Å²) in [6, 6.07) is 10.6. The molecule has 0 unspecified atom stereocenters. The molecule has 3 rings (SSSR count). The molecule has 0 aliphatic carbocycles. The molecule has 0 saturated heterocycles. The van der Waals surface area contributed by atoms with Crippen molar-refractivity contribution in [3.05, 3.63) is 53.6 Å². The highest BCUT2D eigenvalue weighted by Gasteiger charge is 2.32. The Morgan fingerprint density at radius 2 is 1.77 bits per heavy atom. The van der Waals surface area contributed by atoms with Gasteiger partial charge in [0, 0.05) is 38.3 Å². The van der Waals surface area contributed by atoms with Crippen LogP contribution in [0.25, 0.3) is 0 Å². The van der Waals surface area contributed by atoms with Crippen molar-refractivity contribution in [3.63, 3.8) is 0 Å². The van der Waals surface area contributed by atoms with Crippen molar-refractivity contribution in [3.8, 4) is 5.75 Å². The number of nitrogens with zero attached hydrogens (tertiary/aromatic N) is 2. The van der Waals surface area contributed by atoms with Gasteiger partial charge in [0.25, 0.3) is 5.91 Å². The van der Waals surface area contributed by atoms with Gasteiger partial charge in [-0.25, -0.2) is 16.8 Å². The first kappa shape index (κ1) is 34.8. The van der Waals surface area contributed by atoms with E-state index in [1.54, 1.807) is 43.3 Å². The van der Waals surface area contributed by atoms with Crippen molar-refractivity contribution in [2.75, 3.05) is 44.3 Å². The quantitative estimate of drug-likeness (QED) is 0.447. The van der Waals surface area contributed by atoms with Crippen molar-refractivity contribution >= 4 is 31.6 Å². The van der Waals surface area contributed by atoms with E-state index in [0.29, 0.717) is 18.8 Å². The molecule has 11 nitrogen and oxygen atoms in total. The fourth-order valence-corrected chi connectivity index (χ4v) is 6.64. The zero-order valence-electron chi connectivity index (χ0n) is 25.8. The topological polar surface area (TPSA) is 143 Å². The summed E-state index contributed by atoms with van der Waals surface area (Å²) in [4.78, 5) is 15.8. The van der Waals surface area contributed by atoms with Crippen molar-refractivity contribution in [2.45, 2.75) is 70.1 Å². The van der Waals surface area contributed by atoms with Gasteiger partial charge in [-0.3, -0.25) is 9.52 Å². The number of sulfonamides is 2. The summed E-state index contributed by atoms with van der Waals surface area (Å²) < 4.78 is 66.7. The van der Waals surface area contributed by atoms with Crippen molar-refractivity contribution in [2.24, 2.45) is 5.92 Å². The molecule has 0 radical (unpaired) electrons. The summed E-state index contributed by atoms with van der Waals surface area (Å²) in [5.74, 6) is -0.477. The van der Waals surface area contributed by atoms with Crippen LogP contribution in [-0.4, -0.2) is 94.9 Å². The maximum absolute atomic E-state index is 14.1. The average molecular weight is 640 g/mol. The van der Waals surface area contributed by atoms with Crippen molar-refractivity contribution in [1.82, 2.24) is 9.21 Å². The lowest BCUT2D eigenvalue weighted by Gasteiger charge is -2.35. The summed E-state index contributed by atoms with van der Waals surface area (Å²) in [7, 11) is -5.88. The lowest BCUT2D eigenvalue weighted by Crippen LogP contribution is -2.48. The molecule has 1 amide bonds. The molecule has 0 saturated carbocycles. The van der Waals surface area contributed by atoms with Crippen LogP contribution in [0.4, 0.5) is 5.69 Å². The summed E-state index contributed by atoms with van der Waals surface area (Å²) in [6.07, 6.45) is 2.42. The molecule has 1 aliphatic heterocycles. The molecule has 13 heteroatoms. The van der Waals surface area contributed by atoms with Gasteiger partial charge in [-0.2, -0.15) is 4.31 Å². The van der Waals surface area contributed by atoms with E-state index in [0.717, 1.165) is 24.7 Å². The average Bonchev–Trinajstić information content (AvgIpc) is 2.93. The zero-order valence-corrected chi connectivity index (χ0v) is 27.4. The normalized spacial score (nSPS) is 21.9. The summed E-state index contributed by atoms with van der Waals surface area (Å²) in [5, 5.41) is 10.1. The lowest BCUT2D eigenvalue weighted by atomic mass is 10.0. The Balaban J connectivity index is 1.98. The number of hydrogen-bond acceptors (Lipinski definition) is 8. The highest BCUT2D eigenvalue weighted by molar-refractivity contribution is 7.92. The molecule has 2 N–H and O–H groups in total. The Labute approximate surface area is 256 Å². The molecule has 0 spiro atoms. The van der Waals surface area contributed by atoms with E-state index < -0.39 is 38.1 Å². The first-order valence-electron chi connectivity index (χ1n) is 14.5. The number of nitrogens with one attached hydrogen (secondary N) is 1. The monoisotopic (exact) mass is 639 g/mol. The molecule has 0 aromatic heterocycles. The largest absolute Gasteiger partial charge is 0.490 e. The predicted octanol–water partition coefficient (Wildman–Crippen LogP) is 3.48. The number of fused-ring (bicyclic) bond motifs is 1. The van der Waals surface area contributed by atoms with E-state index in [4.69, 9.17) is 9.47 Å². The van der Waals surface area contributed by atoms with E-state index in [1.807, 2.05) is 20.8 Å². The Morgan fingerprint density at radius 3 is 2.40 bits per heavy atom. The Bertz CT molecular complexity index is 1450. The minimum atomic E-state index is -3.79. The first-order valence-corrected chi connectivity index (χ1v) is 17.8. The Morgan fingerprint density at radius 1 is 1.09 bits per heavy atom. The van der Waals surface area contributed by atoms with Crippen molar-refractivity contribution in [1.29, 1.82) is 0 Å². The number of hydrogen-bond donors (Lipinski definition) is 2. The van der Waals surface area contributed by atoms with Gasteiger partial charge in [-0.15, -0.1) is 0 Å². The summed E-state index contributed by atoms with van der Waals surface area (Å²) in [5.41, 5.74) is 1.32. The number of carbonyl (C=O) groups is 1. The molecule has 43 heavy (non-hydrogen) atoms. The van der Waals surface area contributed by atoms with Gasteiger partial charge >= 0.3 is 0 Å². The van der Waals surface area contributed by atoms with Crippen LogP contribution < -0.4 is 9.46 Å². The van der Waals surface area contributed by atoms with Gasteiger partial charge < -0.3 is 19.5 Å². The number of aliphatic hydroxyl groups is 1. The van der Waals surface area contributed by atoms with Crippen LogP contribution in [0.1, 0.15) is 56.0 Å². The van der Waals surface area contributed by atoms with Gasteiger partial charge in [-0.05, 0) is 70.4 Å². The van der Waals surface area contributed by atoms with E-state index in [9.17, 15) is 26.7 Å². The molecule has 2 aromatic rings. The molecular weight excluding hydrogens is 594 g/mol. The number of amides is 1. The molecule has 2 aromatic carbocycles. The van der Waals surface area contributed by atoms with Gasteiger partial charge in [0.15, 0.2) is 0 Å². The van der Waals surface area contributed by atoms with E-state index >= 15 is 0 Å². The number of rotatable bonds is 8. The smallest absolute Gasteiger partial charge is 0.258 e. The molecule has 0 fully saturated rings. The van der Waals surface area contributed by atoms with Crippen LogP contribution in [0.3, 0.4) is 0 Å². The third kappa shape index (κ3) is 9.64. The Kier molecular flexibility index (Phi) is 12.0. The minimum absolute atomic E-state index is 0.0610. The molecule has 240 valence electrons. The van der Waals surface area contributed by atoms with E-state index in [2.05, 4.69) is 4.72 Å². The lowest BCUT2D eigenvalue weighted by molar-refractivity contribution is -0.00833. The number of aryl methyl sites for hydroxylation is 1. The van der Waals surface area contributed by atoms with Gasteiger partial charge in [0.05, 0.1) is 41.6 Å². The van der Waals surface area contributed by atoms with Crippen LogP contribution >= 0.6 is 0 Å². The summed E-state index contributed by atoms with van der Waals surface area (Å²) in [6.45, 7) is 7.66. The standard InChI is InChI=1S/C30H45N3O8S2/c1-21-10-13-26(14-11-21)43(38,39)32(5)19-29-22(2)18-33(23(3)20-34)30(35)27-17-25(31-42(6,36)37)12-15-28(27)41-24(4)9-7-8-16-40-29/h10-15,17,22-24,29,31,34H,7-9,16,18-20H2,1-6H3/t22-,23-,24+,29-/m0/s1. The molecular formula is C30H45N3O8S2. The second-order valence-electron chi connectivity index (χ2n) is 11.5. The fraction of sp³-hybridized carbons (Fsp3) is 0.567. The van der Waals surface area contributed by atoms with Crippen LogP contribution in [0, 0.1) is 12.8 Å². The number of ether oxygens (including phenoxy) is 2. The molecule has 1 heterocycles. The number of likely N-dealkylation sites (N-methyl/N-ethyl adjacent to an activating group) is 1. The predicted molar refractivity (Wildman–Crippen MR) is 166 cm³/mol. The second kappa shape index (κ2) is 14.8. The van der Waals surface area contributed by atoms with Gasteiger partial charge in [-0.1, -0.05) is 24.6 Å². The summed E-state index contributed by atoms with van der Waals surface area (Å²) >= 11 is 0. The van der Waals surface area contributed by atoms with Gasteiger partial charge in [0.2, 0.25) is 20.0 Å². The minimum Gasteiger partial charge on any atom is -0.490 e. The van der Waals surface area contributed by atoms with E-state index in [1.165, 1.54) is 22.3 Å². The fourth-order valence-electron chi connectivity index (χ4n) is 4.90. The van der Waals surface area contributed by atoms with Crippen molar-refractivity contribution < 1.29 is 36.2 Å². The number of carbonyl (C=O) groups excluding carboxylic acids is 1. The molecule has 1 aliphatic rings. The first-order chi connectivity index (χ1) is 20.1. The van der Waals surface area contributed by atoms with Crippen LogP contribution in [0.2, 0.25) is 0 Å². The third-order valence-corrected chi connectivity index (χ3v) is 9.97. The van der Waals surface area contributed by atoms with Crippen LogP contribution in [-0.2, 0) is 24.8 Å².